The summed E-state index contributed by atoms with van der Waals surface area (Å²) in [5.41, 5.74) is 2.55. The first-order valence-electron chi connectivity index (χ1n) is 16.6. The maximum Gasteiger partial charge on any atom is 0.306 e. The molecule has 0 aliphatic heterocycles. The van der Waals surface area contributed by atoms with Gasteiger partial charge in [-0.2, -0.15) is 0 Å². The molecular formula is C35H58O2. The van der Waals surface area contributed by atoms with Crippen LogP contribution >= 0.6 is 0 Å². The molecule has 8 atom stereocenters. The second-order valence-electron chi connectivity index (χ2n) is 15.4. The summed E-state index contributed by atoms with van der Waals surface area (Å²) in [6.07, 6.45) is 24.5. The van der Waals surface area contributed by atoms with Gasteiger partial charge in [0.05, 0.1) is 0 Å². The molecule has 4 fully saturated rings. The van der Waals surface area contributed by atoms with E-state index in [-0.39, 0.29) is 12.1 Å². The summed E-state index contributed by atoms with van der Waals surface area (Å²) in [4.78, 5) is 12.8. The van der Waals surface area contributed by atoms with Crippen molar-refractivity contribution in [3.8, 4) is 0 Å². The molecule has 0 amide bonds. The van der Waals surface area contributed by atoms with Crippen LogP contribution in [0, 0.1) is 52.3 Å². The lowest BCUT2D eigenvalue weighted by atomic mass is 9.47. The Morgan fingerprint density at radius 2 is 1.73 bits per heavy atom. The third-order valence-corrected chi connectivity index (χ3v) is 12.7. The monoisotopic (exact) mass is 510 g/mol. The molecule has 5 aliphatic rings. The smallest absolute Gasteiger partial charge is 0.306 e. The number of fused-ring (bicyclic) bond motifs is 5. The van der Waals surface area contributed by atoms with Crippen LogP contribution < -0.4 is 0 Å². The van der Waals surface area contributed by atoms with Crippen LogP contribution in [0.2, 0.25) is 0 Å². The molecule has 2 nitrogen and oxygen atoms in total. The van der Waals surface area contributed by atoms with Gasteiger partial charge >= 0.3 is 5.97 Å². The number of hydrogen-bond acceptors (Lipinski definition) is 2. The zero-order valence-electron chi connectivity index (χ0n) is 25.0. The molecule has 4 saturated carbocycles. The molecule has 0 radical (unpaired) electrons. The number of rotatable bonds is 8. The Kier molecular flexibility index (Phi) is 8.53. The normalized spacial score (nSPS) is 40.9. The van der Waals surface area contributed by atoms with Crippen molar-refractivity contribution in [2.45, 2.75) is 150 Å². The number of esters is 1. The summed E-state index contributed by atoms with van der Waals surface area (Å²) in [5, 5.41) is 0. The Bertz CT molecular complexity index is 821. The lowest BCUT2D eigenvalue weighted by Crippen LogP contribution is -2.51. The molecule has 5 aliphatic carbocycles. The van der Waals surface area contributed by atoms with Crippen LogP contribution in [-0.2, 0) is 9.53 Å². The molecule has 2 heteroatoms. The molecule has 0 aromatic carbocycles. The van der Waals surface area contributed by atoms with Crippen LogP contribution in [0.1, 0.15) is 144 Å². The first-order valence-corrected chi connectivity index (χ1v) is 16.6. The summed E-state index contributed by atoms with van der Waals surface area (Å²) in [7, 11) is 0. The number of allylic oxidation sites excluding steroid dienone is 1. The second kappa shape index (κ2) is 11.4. The zero-order chi connectivity index (χ0) is 26.2. The predicted octanol–water partition coefficient (Wildman–Crippen LogP) is 9.91. The third-order valence-electron chi connectivity index (χ3n) is 12.7. The Morgan fingerprint density at radius 1 is 0.946 bits per heavy atom. The van der Waals surface area contributed by atoms with E-state index in [1.165, 1.54) is 89.9 Å². The van der Waals surface area contributed by atoms with Gasteiger partial charge in [-0.25, -0.2) is 0 Å². The Labute approximate surface area is 229 Å². The van der Waals surface area contributed by atoms with E-state index in [4.69, 9.17) is 4.74 Å². The minimum absolute atomic E-state index is 0.0859. The highest BCUT2D eigenvalue weighted by molar-refractivity contribution is 5.70. The van der Waals surface area contributed by atoms with E-state index in [9.17, 15) is 4.79 Å². The van der Waals surface area contributed by atoms with E-state index in [0.717, 1.165) is 48.3 Å². The van der Waals surface area contributed by atoms with Gasteiger partial charge in [-0.15, -0.1) is 0 Å². The van der Waals surface area contributed by atoms with Crippen molar-refractivity contribution in [2.24, 2.45) is 52.3 Å². The van der Waals surface area contributed by atoms with Crippen molar-refractivity contribution in [3.63, 3.8) is 0 Å². The third kappa shape index (κ3) is 5.61. The van der Waals surface area contributed by atoms with Crippen LogP contribution in [0.15, 0.2) is 11.6 Å². The maximum absolute atomic E-state index is 12.8. The molecule has 210 valence electrons. The van der Waals surface area contributed by atoms with Gasteiger partial charge in [0.1, 0.15) is 6.10 Å². The first kappa shape index (κ1) is 27.8. The van der Waals surface area contributed by atoms with E-state index in [0.29, 0.717) is 23.2 Å². The van der Waals surface area contributed by atoms with Gasteiger partial charge in [0.15, 0.2) is 0 Å². The van der Waals surface area contributed by atoms with Crippen LogP contribution in [0.4, 0.5) is 0 Å². The average Bonchev–Trinajstić information content (AvgIpc) is 3.22. The van der Waals surface area contributed by atoms with Gasteiger partial charge in [0.25, 0.3) is 0 Å². The molecule has 5 rings (SSSR count). The van der Waals surface area contributed by atoms with Crippen molar-refractivity contribution in [2.75, 3.05) is 0 Å². The van der Waals surface area contributed by atoms with Gasteiger partial charge < -0.3 is 4.74 Å². The standard InChI is InChI=1S/C35H58O2/c1-24(2)10-9-11-25(3)30-16-17-31-29-15-14-27-23-28(37-33(36)22-26-12-7-6-8-13-26)18-20-34(27,4)32(29)19-21-35(30,31)5/h14,24-26,28-32H,6-13,15-23H2,1-5H3/t25-,28-,29+,30+,31-,32-,34+,35-/m0/s1. The molecule has 0 unspecified atom stereocenters. The largest absolute Gasteiger partial charge is 0.462 e. The second-order valence-corrected chi connectivity index (χ2v) is 15.4. The highest BCUT2D eigenvalue weighted by atomic mass is 16.5. The summed E-state index contributed by atoms with van der Waals surface area (Å²) < 4.78 is 6.12. The van der Waals surface area contributed by atoms with Gasteiger partial charge in [0.2, 0.25) is 0 Å². The molecule has 0 bridgehead atoms. The topological polar surface area (TPSA) is 26.3 Å². The fourth-order valence-electron chi connectivity index (χ4n) is 10.6. The van der Waals surface area contributed by atoms with Gasteiger partial charge in [0, 0.05) is 12.8 Å². The quantitative estimate of drug-likeness (QED) is 0.240. The van der Waals surface area contributed by atoms with Crippen LogP contribution in [0.5, 0.6) is 0 Å². The number of hydrogen-bond donors (Lipinski definition) is 0. The molecule has 0 aromatic heterocycles. The summed E-state index contributed by atoms with van der Waals surface area (Å²) in [6, 6.07) is 0. The summed E-state index contributed by atoms with van der Waals surface area (Å²) >= 11 is 0. The van der Waals surface area contributed by atoms with Crippen molar-refractivity contribution in [1.82, 2.24) is 0 Å². The van der Waals surface area contributed by atoms with Crippen molar-refractivity contribution in [1.29, 1.82) is 0 Å². The van der Waals surface area contributed by atoms with Crippen LogP contribution in [-0.4, -0.2) is 12.1 Å². The van der Waals surface area contributed by atoms with Crippen molar-refractivity contribution >= 4 is 5.97 Å². The summed E-state index contributed by atoms with van der Waals surface area (Å²) in [5.74, 6) is 5.97. The van der Waals surface area contributed by atoms with Gasteiger partial charge in [-0.05, 0) is 110 Å². The first-order chi connectivity index (χ1) is 17.7. The summed E-state index contributed by atoms with van der Waals surface area (Å²) in [6.45, 7) is 12.6. The SMILES string of the molecule is CC(C)CCC[C@H](C)[C@H]1CC[C@H]2[C@H]3CC=C4C[C@@H](OC(=O)CC5CCCCC5)CC[C@@]4(C)[C@H]3CC[C@@]12C. The van der Waals surface area contributed by atoms with E-state index in [1.807, 2.05) is 0 Å². The lowest BCUT2D eigenvalue weighted by molar-refractivity contribution is -0.153. The van der Waals surface area contributed by atoms with E-state index in [2.05, 4.69) is 40.7 Å². The van der Waals surface area contributed by atoms with Gasteiger partial charge in [-0.1, -0.05) is 84.8 Å². The highest BCUT2D eigenvalue weighted by Gasteiger charge is 2.59. The number of carbonyl (C=O) groups is 1. The fraction of sp³-hybridized carbons (Fsp3) is 0.914. The average molecular weight is 511 g/mol. The molecule has 37 heavy (non-hydrogen) atoms. The maximum atomic E-state index is 12.8. The minimum Gasteiger partial charge on any atom is -0.462 e. The molecule has 0 heterocycles. The Balaban J connectivity index is 1.20. The van der Waals surface area contributed by atoms with Crippen molar-refractivity contribution < 1.29 is 9.53 Å². The molecule has 0 N–H and O–H groups in total. The Morgan fingerprint density at radius 3 is 2.49 bits per heavy atom. The van der Waals surface area contributed by atoms with Crippen LogP contribution in [0.25, 0.3) is 0 Å². The Hall–Kier alpha value is -0.790. The predicted molar refractivity (Wildman–Crippen MR) is 154 cm³/mol. The number of carbonyl (C=O) groups excluding carboxylic acids is 1. The zero-order valence-corrected chi connectivity index (χ0v) is 25.0. The van der Waals surface area contributed by atoms with Gasteiger partial charge in [-0.3, -0.25) is 4.79 Å². The van der Waals surface area contributed by atoms with E-state index in [1.54, 1.807) is 5.57 Å². The minimum atomic E-state index is 0.0859. The lowest BCUT2D eigenvalue weighted by Gasteiger charge is -2.58. The number of ether oxygens (including phenoxy) is 1. The highest BCUT2D eigenvalue weighted by Crippen LogP contribution is 2.67. The van der Waals surface area contributed by atoms with E-state index >= 15 is 0 Å². The molecule has 0 spiro atoms. The van der Waals surface area contributed by atoms with E-state index < -0.39 is 0 Å². The fourth-order valence-corrected chi connectivity index (χ4v) is 10.6. The molecule has 0 aromatic rings. The molecular weight excluding hydrogens is 452 g/mol. The van der Waals surface area contributed by atoms with Crippen molar-refractivity contribution in [3.05, 3.63) is 11.6 Å². The molecule has 0 saturated heterocycles. The van der Waals surface area contributed by atoms with Crippen LogP contribution in [0.3, 0.4) is 0 Å².